The van der Waals surface area contributed by atoms with Crippen LogP contribution in [0.15, 0.2) is 30.6 Å². The van der Waals surface area contributed by atoms with E-state index >= 15 is 0 Å². The van der Waals surface area contributed by atoms with Gasteiger partial charge in [0, 0.05) is 44.0 Å². The number of hydrogen-bond acceptors (Lipinski definition) is 6. The number of H-pyrrole nitrogens is 1. The lowest BCUT2D eigenvalue weighted by Gasteiger charge is -2.43. The molecule has 2 atom stereocenters. The zero-order chi connectivity index (χ0) is 19.0. The summed E-state index contributed by atoms with van der Waals surface area (Å²) in [5, 5.41) is 9.11. The summed E-state index contributed by atoms with van der Waals surface area (Å²) in [6.45, 7) is 4.94. The SMILES string of the molecule is Cc1[nH]cnc1CN1CCN(Cc2cccc(C#N)c2)[C@@H]2CS(=O)(=O)C[C@@H]21. The Hall–Kier alpha value is -2.21. The molecule has 0 unspecified atom stereocenters. The van der Waals surface area contributed by atoms with Crippen LogP contribution in [0, 0.1) is 18.3 Å². The van der Waals surface area contributed by atoms with E-state index in [4.69, 9.17) is 5.26 Å². The molecule has 0 aliphatic carbocycles. The van der Waals surface area contributed by atoms with E-state index in [0.717, 1.165) is 30.0 Å². The highest BCUT2D eigenvalue weighted by molar-refractivity contribution is 7.91. The van der Waals surface area contributed by atoms with Crippen molar-refractivity contribution in [2.24, 2.45) is 0 Å². The Kier molecular flexibility index (Phi) is 4.76. The molecule has 2 saturated heterocycles. The lowest BCUT2D eigenvalue weighted by atomic mass is 10.0. The number of sulfone groups is 1. The highest BCUT2D eigenvalue weighted by Crippen LogP contribution is 2.29. The zero-order valence-corrected chi connectivity index (χ0v) is 16.1. The Morgan fingerprint density at radius 3 is 2.56 bits per heavy atom. The molecule has 0 amide bonds. The third-order valence-corrected chi connectivity index (χ3v) is 7.33. The lowest BCUT2D eigenvalue weighted by Crippen LogP contribution is -2.58. The van der Waals surface area contributed by atoms with Crippen molar-refractivity contribution in [1.29, 1.82) is 5.26 Å². The number of imidazole rings is 1. The van der Waals surface area contributed by atoms with E-state index in [1.807, 2.05) is 25.1 Å². The number of benzene rings is 1. The highest BCUT2D eigenvalue weighted by atomic mass is 32.2. The minimum absolute atomic E-state index is 0.0148. The monoisotopic (exact) mass is 385 g/mol. The molecule has 7 nitrogen and oxygen atoms in total. The van der Waals surface area contributed by atoms with Gasteiger partial charge in [-0.25, -0.2) is 13.4 Å². The second-order valence-corrected chi connectivity index (χ2v) is 9.59. The van der Waals surface area contributed by atoms with Crippen molar-refractivity contribution >= 4 is 9.84 Å². The van der Waals surface area contributed by atoms with Crippen molar-refractivity contribution in [3.63, 3.8) is 0 Å². The smallest absolute Gasteiger partial charge is 0.153 e. The normalized spacial score (nSPS) is 25.2. The fourth-order valence-electron chi connectivity index (χ4n) is 4.20. The molecule has 0 radical (unpaired) electrons. The molecular weight excluding hydrogens is 362 g/mol. The van der Waals surface area contributed by atoms with E-state index in [2.05, 4.69) is 25.8 Å². The van der Waals surface area contributed by atoms with Crippen molar-refractivity contribution in [2.75, 3.05) is 24.6 Å². The molecule has 142 valence electrons. The van der Waals surface area contributed by atoms with Crippen LogP contribution in [0.4, 0.5) is 0 Å². The van der Waals surface area contributed by atoms with Crippen molar-refractivity contribution in [1.82, 2.24) is 19.8 Å². The number of nitriles is 1. The zero-order valence-electron chi connectivity index (χ0n) is 15.3. The van der Waals surface area contributed by atoms with E-state index < -0.39 is 9.84 Å². The Morgan fingerprint density at radius 1 is 1.22 bits per heavy atom. The fourth-order valence-corrected chi connectivity index (χ4v) is 6.24. The van der Waals surface area contributed by atoms with Crippen LogP contribution in [0.1, 0.15) is 22.5 Å². The van der Waals surface area contributed by atoms with E-state index in [1.165, 1.54) is 0 Å². The van der Waals surface area contributed by atoms with Gasteiger partial charge in [0.05, 0.1) is 35.2 Å². The van der Waals surface area contributed by atoms with Crippen LogP contribution in [0.25, 0.3) is 0 Å². The van der Waals surface area contributed by atoms with Crippen LogP contribution in [0.2, 0.25) is 0 Å². The molecule has 1 N–H and O–H groups in total. The van der Waals surface area contributed by atoms with Gasteiger partial charge in [0.2, 0.25) is 0 Å². The van der Waals surface area contributed by atoms with Crippen LogP contribution < -0.4 is 0 Å². The molecule has 2 fully saturated rings. The molecule has 0 bridgehead atoms. The number of nitrogens with one attached hydrogen (secondary N) is 1. The topological polar surface area (TPSA) is 93.1 Å². The van der Waals surface area contributed by atoms with Gasteiger partial charge < -0.3 is 4.98 Å². The van der Waals surface area contributed by atoms with Gasteiger partial charge in [-0.15, -0.1) is 0 Å². The average molecular weight is 385 g/mol. The predicted molar refractivity (Wildman–Crippen MR) is 102 cm³/mol. The Bertz CT molecular complexity index is 978. The van der Waals surface area contributed by atoms with Crippen molar-refractivity contribution in [3.8, 4) is 6.07 Å². The molecular formula is C19H23N5O2S. The van der Waals surface area contributed by atoms with Crippen molar-refractivity contribution < 1.29 is 8.42 Å². The maximum atomic E-state index is 12.4. The predicted octanol–water partition coefficient (Wildman–Crippen LogP) is 1.07. The first-order valence-corrected chi connectivity index (χ1v) is 10.9. The summed E-state index contributed by atoms with van der Waals surface area (Å²) in [7, 11) is -3.05. The molecule has 1 aromatic heterocycles. The molecule has 8 heteroatoms. The number of rotatable bonds is 4. The van der Waals surface area contributed by atoms with E-state index in [9.17, 15) is 8.42 Å². The molecule has 2 aliphatic rings. The first-order valence-electron chi connectivity index (χ1n) is 9.11. The van der Waals surface area contributed by atoms with Gasteiger partial charge in [-0.2, -0.15) is 5.26 Å². The maximum Gasteiger partial charge on any atom is 0.153 e. The number of aromatic amines is 1. The molecule has 3 heterocycles. The first kappa shape index (κ1) is 18.2. The first-order chi connectivity index (χ1) is 12.9. The third kappa shape index (κ3) is 3.76. The second kappa shape index (κ2) is 7.08. The van der Waals surface area contributed by atoms with E-state index in [1.54, 1.807) is 12.4 Å². The molecule has 27 heavy (non-hydrogen) atoms. The van der Waals surface area contributed by atoms with Gasteiger partial charge in [-0.05, 0) is 24.6 Å². The van der Waals surface area contributed by atoms with Crippen LogP contribution in [-0.2, 0) is 22.9 Å². The van der Waals surface area contributed by atoms with E-state index in [-0.39, 0.29) is 23.6 Å². The molecule has 4 rings (SSSR count). The molecule has 0 saturated carbocycles. The highest BCUT2D eigenvalue weighted by Gasteiger charge is 2.46. The van der Waals surface area contributed by atoms with Crippen LogP contribution in [0.3, 0.4) is 0 Å². The van der Waals surface area contributed by atoms with Crippen molar-refractivity contribution in [2.45, 2.75) is 32.1 Å². The molecule has 1 aromatic carbocycles. The molecule has 2 aliphatic heterocycles. The largest absolute Gasteiger partial charge is 0.348 e. The Morgan fingerprint density at radius 2 is 1.93 bits per heavy atom. The summed E-state index contributed by atoms with van der Waals surface area (Å²) < 4.78 is 24.8. The second-order valence-electron chi connectivity index (χ2n) is 7.44. The minimum atomic E-state index is -3.05. The van der Waals surface area contributed by atoms with Gasteiger partial charge in [0.1, 0.15) is 0 Å². The summed E-state index contributed by atoms with van der Waals surface area (Å²) in [4.78, 5) is 12.0. The van der Waals surface area contributed by atoms with Gasteiger partial charge >= 0.3 is 0 Å². The lowest BCUT2D eigenvalue weighted by molar-refractivity contribution is 0.0347. The number of piperazine rings is 1. The minimum Gasteiger partial charge on any atom is -0.348 e. The number of aromatic nitrogens is 2. The molecule has 2 aromatic rings. The van der Waals surface area contributed by atoms with Gasteiger partial charge in [-0.1, -0.05) is 12.1 Å². The number of fused-ring (bicyclic) bond motifs is 1. The number of nitrogens with zero attached hydrogens (tertiary/aromatic N) is 4. The summed E-state index contributed by atoms with van der Waals surface area (Å²) in [6.07, 6.45) is 1.69. The van der Waals surface area contributed by atoms with Gasteiger partial charge in [0.25, 0.3) is 0 Å². The third-order valence-electron chi connectivity index (χ3n) is 5.63. The molecule has 0 spiro atoms. The van der Waals surface area contributed by atoms with Gasteiger partial charge in [-0.3, -0.25) is 9.80 Å². The summed E-state index contributed by atoms with van der Waals surface area (Å²) in [6, 6.07) is 9.69. The Labute approximate surface area is 159 Å². The average Bonchev–Trinajstić information content (AvgIpc) is 3.19. The summed E-state index contributed by atoms with van der Waals surface area (Å²) in [5.41, 5.74) is 3.70. The maximum absolute atomic E-state index is 12.4. The quantitative estimate of drug-likeness (QED) is 0.846. The standard InChI is InChI=1S/C19H23N5O2S/c1-14-17(22-13-21-14)10-24-6-5-23(18-11-27(25,26)12-19(18)24)9-16-4-2-3-15(7-16)8-20/h2-4,7,13,18-19H,5-6,9-12H2,1H3,(H,21,22)/t18-,19+/m1/s1. The fraction of sp³-hybridized carbons (Fsp3) is 0.474. The summed E-state index contributed by atoms with van der Waals surface area (Å²) in [5.74, 6) is 0.404. The van der Waals surface area contributed by atoms with Crippen LogP contribution in [-0.4, -0.2) is 64.9 Å². The van der Waals surface area contributed by atoms with E-state index in [0.29, 0.717) is 18.7 Å². The Balaban J connectivity index is 1.55. The number of hydrogen-bond donors (Lipinski definition) is 1. The van der Waals surface area contributed by atoms with Gasteiger partial charge in [0.15, 0.2) is 9.84 Å². The van der Waals surface area contributed by atoms with Crippen molar-refractivity contribution in [3.05, 3.63) is 53.1 Å². The summed E-state index contributed by atoms with van der Waals surface area (Å²) >= 11 is 0. The van der Waals surface area contributed by atoms with Crippen LogP contribution >= 0.6 is 0 Å². The number of aryl methyl sites for hydroxylation is 1. The van der Waals surface area contributed by atoms with Crippen LogP contribution in [0.5, 0.6) is 0 Å².